The van der Waals surface area contributed by atoms with Crippen LogP contribution in [-0.2, 0) is 0 Å². The molecule has 0 unspecified atom stereocenters. The van der Waals surface area contributed by atoms with Crippen molar-refractivity contribution in [1.82, 2.24) is 4.98 Å². The van der Waals surface area contributed by atoms with Gasteiger partial charge in [-0.2, -0.15) is 0 Å². The molecule has 0 radical (unpaired) electrons. The van der Waals surface area contributed by atoms with Gasteiger partial charge in [-0.3, -0.25) is 4.98 Å². The first-order valence-corrected chi connectivity index (χ1v) is 3.83. The molecule has 3 nitrogen and oxygen atoms in total. The van der Waals surface area contributed by atoms with Crippen LogP contribution in [0, 0.1) is 5.82 Å². The average molecular weight is 168 g/mol. The largest absolute Gasteiger partial charge is 0.487 e. The maximum atomic E-state index is 12.8. The molecule has 1 saturated carbocycles. The van der Waals surface area contributed by atoms with Gasteiger partial charge in [0.05, 0.1) is 18.5 Å². The van der Waals surface area contributed by atoms with Crippen LogP contribution in [0.1, 0.15) is 12.8 Å². The van der Waals surface area contributed by atoms with Crippen molar-refractivity contribution in [1.29, 1.82) is 0 Å². The Bertz CT molecular complexity index is 299. The second-order valence-corrected chi connectivity index (χ2v) is 2.85. The van der Waals surface area contributed by atoms with Crippen LogP contribution in [0.4, 0.5) is 10.1 Å². The number of rotatable bonds is 2. The number of hydrogen-bond donors (Lipinski definition) is 1. The Morgan fingerprint density at radius 3 is 2.92 bits per heavy atom. The first-order valence-electron chi connectivity index (χ1n) is 3.83. The van der Waals surface area contributed by atoms with Crippen LogP contribution in [0.2, 0.25) is 0 Å². The molecule has 0 aliphatic heterocycles. The molecule has 1 heterocycles. The molecule has 4 heteroatoms. The maximum Gasteiger partial charge on any atom is 0.168 e. The lowest BCUT2D eigenvalue weighted by atomic mass is 10.4. The number of ether oxygens (including phenoxy) is 1. The Hall–Kier alpha value is -1.32. The van der Waals surface area contributed by atoms with E-state index in [9.17, 15) is 4.39 Å². The Morgan fingerprint density at radius 1 is 1.50 bits per heavy atom. The van der Waals surface area contributed by atoms with Gasteiger partial charge < -0.3 is 10.5 Å². The molecule has 0 saturated heterocycles. The van der Waals surface area contributed by atoms with E-state index in [4.69, 9.17) is 10.5 Å². The van der Waals surface area contributed by atoms with Gasteiger partial charge in [0.2, 0.25) is 0 Å². The number of hydrogen-bond acceptors (Lipinski definition) is 3. The second kappa shape index (κ2) is 2.62. The van der Waals surface area contributed by atoms with Crippen LogP contribution in [0.25, 0.3) is 0 Å². The molecule has 0 bridgehead atoms. The molecule has 2 N–H and O–H groups in total. The molecule has 0 atom stereocenters. The van der Waals surface area contributed by atoms with Crippen molar-refractivity contribution >= 4 is 5.69 Å². The zero-order valence-corrected chi connectivity index (χ0v) is 6.46. The number of halogens is 1. The van der Waals surface area contributed by atoms with Gasteiger partial charge in [0, 0.05) is 0 Å². The van der Waals surface area contributed by atoms with Crippen molar-refractivity contribution in [2.75, 3.05) is 5.73 Å². The summed E-state index contributed by atoms with van der Waals surface area (Å²) in [5.41, 5.74) is 5.47. The summed E-state index contributed by atoms with van der Waals surface area (Å²) >= 11 is 0. The van der Waals surface area contributed by atoms with E-state index in [0.717, 1.165) is 19.0 Å². The molecule has 12 heavy (non-hydrogen) atoms. The molecule has 1 aliphatic rings. The summed E-state index contributed by atoms with van der Waals surface area (Å²) in [6.45, 7) is 0. The lowest BCUT2D eigenvalue weighted by molar-refractivity contribution is 0.302. The van der Waals surface area contributed by atoms with Crippen molar-refractivity contribution in [2.24, 2.45) is 0 Å². The van der Waals surface area contributed by atoms with Crippen LogP contribution in [0.3, 0.4) is 0 Å². The molecule has 1 aromatic rings. The minimum Gasteiger partial charge on any atom is -0.487 e. The highest BCUT2D eigenvalue weighted by molar-refractivity contribution is 5.51. The Balaban J connectivity index is 2.23. The lowest BCUT2D eigenvalue weighted by Crippen LogP contribution is -2.02. The van der Waals surface area contributed by atoms with Gasteiger partial charge in [-0.05, 0) is 12.8 Å². The summed E-state index contributed by atoms with van der Waals surface area (Å²) in [6.07, 6.45) is 4.79. The number of nitrogen functional groups attached to an aromatic ring is 1. The van der Waals surface area contributed by atoms with Crippen molar-refractivity contribution in [2.45, 2.75) is 18.9 Å². The van der Waals surface area contributed by atoms with E-state index in [2.05, 4.69) is 4.98 Å². The van der Waals surface area contributed by atoms with Crippen LogP contribution < -0.4 is 10.5 Å². The molecule has 1 fully saturated rings. The van der Waals surface area contributed by atoms with Gasteiger partial charge in [0.25, 0.3) is 0 Å². The third-order valence-electron chi connectivity index (χ3n) is 1.72. The molecule has 1 aromatic heterocycles. The predicted octanol–water partition coefficient (Wildman–Crippen LogP) is 1.34. The molecule has 0 amide bonds. The molecule has 0 spiro atoms. The van der Waals surface area contributed by atoms with E-state index < -0.39 is 5.82 Å². The van der Waals surface area contributed by atoms with Crippen LogP contribution in [0.15, 0.2) is 12.4 Å². The molecular formula is C8H9FN2O. The lowest BCUT2D eigenvalue weighted by Gasteiger charge is -2.06. The second-order valence-electron chi connectivity index (χ2n) is 2.85. The molecule has 2 rings (SSSR count). The quantitative estimate of drug-likeness (QED) is 0.725. The number of nitrogens with two attached hydrogens (primary N) is 1. The Labute approximate surface area is 69.4 Å². The number of nitrogens with zero attached hydrogens (tertiary/aromatic N) is 1. The van der Waals surface area contributed by atoms with E-state index in [-0.39, 0.29) is 11.8 Å². The first-order chi connectivity index (χ1) is 5.77. The van der Waals surface area contributed by atoms with Crippen molar-refractivity contribution < 1.29 is 9.13 Å². The van der Waals surface area contributed by atoms with E-state index in [0.29, 0.717) is 5.75 Å². The molecule has 1 aliphatic carbocycles. The predicted molar refractivity (Wildman–Crippen MR) is 42.3 cm³/mol. The summed E-state index contributed by atoms with van der Waals surface area (Å²) in [7, 11) is 0. The zero-order chi connectivity index (χ0) is 8.55. The van der Waals surface area contributed by atoms with Crippen LogP contribution >= 0.6 is 0 Å². The highest BCUT2D eigenvalue weighted by Gasteiger charge is 2.24. The third kappa shape index (κ3) is 1.32. The van der Waals surface area contributed by atoms with Gasteiger partial charge in [-0.1, -0.05) is 0 Å². The number of pyridine rings is 1. The minimum atomic E-state index is -0.520. The fourth-order valence-corrected chi connectivity index (χ4v) is 0.887. The van der Waals surface area contributed by atoms with Crippen LogP contribution in [0.5, 0.6) is 5.75 Å². The standard InChI is InChI=1S/C8H9FN2O/c9-6-3-11-4-7(8(6)10)12-5-1-2-5/h3-5H,1-2H2,(H2,10,11). The summed E-state index contributed by atoms with van der Waals surface area (Å²) in [6, 6.07) is 0. The maximum absolute atomic E-state index is 12.8. The highest BCUT2D eigenvalue weighted by atomic mass is 19.1. The van der Waals surface area contributed by atoms with Crippen molar-refractivity contribution in [3.8, 4) is 5.75 Å². The van der Waals surface area contributed by atoms with Gasteiger partial charge in [-0.25, -0.2) is 4.39 Å². The fraction of sp³-hybridized carbons (Fsp3) is 0.375. The highest BCUT2D eigenvalue weighted by Crippen LogP contribution is 2.30. The molecule has 64 valence electrons. The third-order valence-corrected chi connectivity index (χ3v) is 1.72. The summed E-state index contributed by atoms with van der Waals surface area (Å²) in [4.78, 5) is 3.65. The SMILES string of the molecule is Nc1c(F)cncc1OC1CC1. The zero-order valence-electron chi connectivity index (χ0n) is 6.46. The van der Waals surface area contributed by atoms with Gasteiger partial charge >= 0.3 is 0 Å². The molecular weight excluding hydrogens is 159 g/mol. The minimum absolute atomic E-state index is 0.0527. The van der Waals surface area contributed by atoms with Crippen molar-refractivity contribution in [3.63, 3.8) is 0 Å². The normalized spacial score (nSPS) is 16.1. The van der Waals surface area contributed by atoms with Gasteiger partial charge in [0.1, 0.15) is 5.69 Å². The van der Waals surface area contributed by atoms with Crippen molar-refractivity contribution in [3.05, 3.63) is 18.2 Å². The first kappa shape index (κ1) is 7.34. The van der Waals surface area contributed by atoms with E-state index in [1.165, 1.54) is 6.20 Å². The van der Waals surface area contributed by atoms with E-state index >= 15 is 0 Å². The van der Waals surface area contributed by atoms with Gasteiger partial charge in [-0.15, -0.1) is 0 Å². The Kier molecular flexibility index (Phi) is 1.60. The number of aromatic nitrogens is 1. The summed E-state index contributed by atoms with van der Waals surface area (Å²) in [5, 5.41) is 0. The topological polar surface area (TPSA) is 48.1 Å². The number of anilines is 1. The molecule has 0 aromatic carbocycles. The fourth-order valence-electron chi connectivity index (χ4n) is 0.887. The van der Waals surface area contributed by atoms with E-state index in [1.807, 2.05) is 0 Å². The monoisotopic (exact) mass is 168 g/mol. The summed E-state index contributed by atoms with van der Waals surface area (Å²) < 4.78 is 18.1. The van der Waals surface area contributed by atoms with E-state index in [1.54, 1.807) is 0 Å². The smallest absolute Gasteiger partial charge is 0.168 e. The Morgan fingerprint density at radius 2 is 2.25 bits per heavy atom. The van der Waals surface area contributed by atoms with Crippen LogP contribution in [-0.4, -0.2) is 11.1 Å². The van der Waals surface area contributed by atoms with Gasteiger partial charge in [0.15, 0.2) is 11.6 Å². The average Bonchev–Trinajstić information content (AvgIpc) is 2.83. The summed E-state index contributed by atoms with van der Waals surface area (Å²) in [5.74, 6) is -0.161.